The summed E-state index contributed by atoms with van der Waals surface area (Å²) in [5.41, 5.74) is 2.61. The second-order valence-corrected chi connectivity index (χ2v) is 7.16. The molecule has 0 amide bonds. The molecule has 0 unspecified atom stereocenters. The van der Waals surface area contributed by atoms with Crippen LogP contribution in [0.15, 0.2) is 30.3 Å². The first-order valence-electron chi connectivity index (χ1n) is 9.47. The average molecular weight is 396 g/mol. The van der Waals surface area contributed by atoms with E-state index in [0.717, 1.165) is 37.4 Å². The van der Waals surface area contributed by atoms with Gasteiger partial charge in [0.25, 0.3) is 0 Å². The topological polar surface area (TPSA) is 71.5 Å². The van der Waals surface area contributed by atoms with Gasteiger partial charge in [-0.05, 0) is 31.3 Å². The Labute approximate surface area is 169 Å². The van der Waals surface area contributed by atoms with Crippen molar-refractivity contribution in [2.24, 2.45) is 0 Å². The molecule has 0 spiro atoms. The van der Waals surface area contributed by atoms with E-state index in [1.807, 2.05) is 6.07 Å². The van der Waals surface area contributed by atoms with Crippen LogP contribution in [0.1, 0.15) is 21.5 Å². The van der Waals surface area contributed by atoms with Crippen molar-refractivity contribution in [3.8, 4) is 17.2 Å². The van der Waals surface area contributed by atoms with Crippen LogP contribution in [0.25, 0.3) is 11.8 Å². The molecule has 0 atom stereocenters. The zero-order valence-electron chi connectivity index (χ0n) is 16.8. The number of hydrogen-bond donors (Lipinski definition) is 1. The van der Waals surface area contributed by atoms with Crippen LogP contribution in [0.2, 0.25) is 0 Å². The summed E-state index contributed by atoms with van der Waals surface area (Å²) in [5, 5.41) is 10.6. The minimum atomic E-state index is -0.437. The fourth-order valence-electron chi connectivity index (χ4n) is 3.75. The summed E-state index contributed by atoms with van der Waals surface area (Å²) in [7, 11) is 5.16. The molecule has 0 bridgehead atoms. The van der Waals surface area contributed by atoms with Gasteiger partial charge in [0.1, 0.15) is 11.5 Å². The molecule has 29 heavy (non-hydrogen) atoms. The summed E-state index contributed by atoms with van der Waals surface area (Å²) >= 11 is 0. The average Bonchev–Trinajstić information content (AvgIpc) is 3.02. The molecule has 2 heterocycles. The Bertz CT molecular complexity index is 977. The van der Waals surface area contributed by atoms with Gasteiger partial charge in [0.05, 0.1) is 25.5 Å². The maximum atomic E-state index is 12.4. The molecule has 2 aliphatic heterocycles. The van der Waals surface area contributed by atoms with Crippen LogP contribution >= 0.6 is 0 Å². The van der Waals surface area contributed by atoms with Crippen LogP contribution < -0.4 is 14.4 Å². The van der Waals surface area contributed by atoms with Crippen molar-refractivity contribution in [1.29, 1.82) is 0 Å². The number of nitrogens with zero attached hydrogens (tertiary/aromatic N) is 2. The quantitative estimate of drug-likeness (QED) is 0.797. The number of fused-ring (bicyclic) bond motifs is 1. The Morgan fingerprint density at radius 3 is 2.34 bits per heavy atom. The third-order valence-electron chi connectivity index (χ3n) is 5.36. The number of methoxy groups -OCH3 is 2. The van der Waals surface area contributed by atoms with Gasteiger partial charge < -0.3 is 29.1 Å². The lowest BCUT2D eigenvalue weighted by atomic mass is 10.0. The molecule has 4 rings (SSSR count). The summed E-state index contributed by atoms with van der Waals surface area (Å²) in [5.74, 6) is 1.19. The molecule has 2 aromatic rings. The van der Waals surface area contributed by atoms with E-state index in [0.29, 0.717) is 28.4 Å². The van der Waals surface area contributed by atoms with Crippen molar-refractivity contribution >= 4 is 23.5 Å². The van der Waals surface area contributed by atoms with Crippen LogP contribution in [0, 0.1) is 0 Å². The Morgan fingerprint density at radius 2 is 1.69 bits per heavy atom. The minimum Gasteiger partial charge on any atom is -0.506 e. The molecule has 7 heteroatoms. The van der Waals surface area contributed by atoms with E-state index < -0.39 is 5.97 Å². The predicted octanol–water partition coefficient (Wildman–Crippen LogP) is 2.83. The highest BCUT2D eigenvalue weighted by Gasteiger charge is 2.30. The summed E-state index contributed by atoms with van der Waals surface area (Å²) in [6, 6.07) is 8.74. The lowest BCUT2D eigenvalue weighted by molar-refractivity contribution is 0.0717. The molecule has 1 N–H and O–H groups in total. The van der Waals surface area contributed by atoms with Gasteiger partial charge in [-0.25, -0.2) is 4.79 Å². The van der Waals surface area contributed by atoms with E-state index in [9.17, 15) is 9.90 Å². The van der Waals surface area contributed by atoms with Gasteiger partial charge in [0.15, 0.2) is 11.5 Å². The number of phenolic OH excluding ortho intramolecular Hbond substituents is 1. The second-order valence-electron chi connectivity index (χ2n) is 7.16. The van der Waals surface area contributed by atoms with Crippen molar-refractivity contribution in [1.82, 2.24) is 4.90 Å². The lowest BCUT2D eigenvalue weighted by Crippen LogP contribution is -2.44. The van der Waals surface area contributed by atoms with Crippen LogP contribution in [0.3, 0.4) is 0 Å². The van der Waals surface area contributed by atoms with Crippen molar-refractivity contribution in [2.75, 3.05) is 52.3 Å². The van der Waals surface area contributed by atoms with E-state index >= 15 is 0 Å². The van der Waals surface area contributed by atoms with E-state index in [2.05, 4.69) is 16.8 Å². The number of carbonyl (C=O) groups excluding carboxylic acids is 1. The molecule has 0 aromatic heterocycles. The number of phenols is 1. The number of para-hydroxylation sites is 1. The number of rotatable bonds is 4. The monoisotopic (exact) mass is 396 g/mol. The molecule has 1 fully saturated rings. The van der Waals surface area contributed by atoms with Gasteiger partial charge in [-0.3, -0.25) is 0 Å². The molecular weight excluding hydrogens is 372 g/mol. The first kappa shape index (κ1) is 19.1. The van der Waals surface area contributed by atoms with Gasteiger partial charge in [-0.15, -0.1) is 0 Å². The fraction of sp³-hybridized carbons (Fsp3) is 0.318. The SMILES string of the molecule is COc1cc2c(cc1OC)/C(=C\c1cccc(O)c1N1CCN(C)CC1)OC2=O. The van der Waals surface area contributed by atoms with Gasteiger partial charge in [0, 0.05) is 37.3 Å². The number of likely N-dealkylation sites (N-methyl/N-ethyl adjacent to an activating group) is 1. The first-order chi connectivity index (χ1) is 14.0. The first-order valence-corrected chi connectivity index (χ1v) is 9.47. The third-order valence-corrected chi connectivity index (χ3v) is 5.36. The standard InChI is InChI=1S/C22H24N2O5/c1-23-7-9-24(10-8-23)21-14(5-4-6-17(21)25)11-18-15-12-19(27-2)20(28-3)13-16(15)22(26)29-18/h4-6,11-13,25H,7-10H2,1-3H3/b18-11+. The third kappa shape index (κ3) is 3.49. The summed E-state index contributed by atoms with van der Waals surface area (Å²) in [6.07, 6.45) is 1.79. The van der Waals surface area contributed by atoms with Crippen molar-refractivity contribution in [2.45, 2.75) is 0 Å². The highest BCUT2D eigenvalue weighted by molar-refractivity contribution is 6.07. The number of benzene rings is 2. The molecule has 1 saturated heterocycles. The van der Waals surface area contributed by atoms with E-state index in [4.69, 9.17) is 14.2 Å². The highest BCUT2D eigenvalue weighted by Crippen LogP contribution is 2.41. The van der Waals surface area contributed by atoms with Gasteiger partial charge in [-0.2, -0.15) is 0 Å². The summed E-state index contributed by atoms with van der Waals surface area (Å²) in [4.78, 5) is 16.8. The number of aromatic hydroxyl groups is 1. The molecule has 0 saturated carbocycles. The Morgan fingerprint density at radius 1 is 1.03 bits per heavy atom. The molecular formula is C22H24N2O5. The van der Waals surface area contributed by atoms with Crippen molar-refractivity contribution < 1.29 is 24.1 Å². The summed E-state index contributed by atoms with van der Waals surface area (Å²) in [6.45, 7) is 3.45. The smallest absolute Gasteiger partial charge is 0.344 e. The van der Waals surface area contributed by atoms with E-state index in [1.165, 1.54) is 7.11 Å². The number of ether oxygens (including phenoxy) is 3. The van der Waals surface area contributed by atoms with Crippen LogP contribution in [-0.4, -0.2) is 63.4 Å². The highest BCUT2D eigenvalue weighted by atomic mass is 16.5. The minimum absolute atomic E-state index is 0.209. The molecule has 2 aromatic carbocycles. The number of carbonyl (C=O) groups is 1. The van der Waals surface area contributed by atoms with Crippen LogP contribution in [0.5, 0.6) is 17.2 Å². The number of cyclic esters (lactones) is 1. The van der Waals surface area contributed by atoms with Gasteiger partial charge >= 0.3 is 5.97 Å². The van der Waals surface area contributed by atoms with Gasteiger partial charge in [0.2, 0.25) is 0 Å². The Balaban J connectivity index is 1.77. The molecule has 7 nitrogen and oxygen atoms in total. The maximum Gasteiger partial charge on any atom is 0.344 e. The van der Waals surface area contributed by atoms with E-state index in [-0.39, 0.29) is 5.75 Å². The number of hydrogen-bond acceptors (Lipinski definition) is 7. The maximum absolute atomic E-state index is 12.4. The van der Waals surface area contributed by atoms with Crippen LogP contribution in [-0.2, 0) is 4.74 Å². The van der Waals surface area contributed by atoms with Crippen molar-refractivity contribution in [3.63, 3.8) is 0 Å². The van der Waals surface area contributed by atoms with Crippen LogP contribution in [0.4, 0.5) is 5.69 Å². The summed E-state index contributed by atoms with van der Waals surface area (Å²) < 4.78 is 16.2. The lowest BCUT2D eigenvalue weighted by Gasteiger charge is -2.35. The normalized spacial score (nSPS) is 18.0. The van der Waals surface area contributed by atoms with E-state index in [1.54, 1.807) is 37.5 Å². The predicted molar refractivity (Wildman–Crippen MR) is 111 cm³/mol. The zero-order valence-corrected chi connectivity index (χ0v) is 16.8. The largest absolute Gasteiger partial charge is 0.506 e. The molecule has 0 aliphatic carbocycles. The molecule has 2 aliphatic rings. The van der Waals surface area contributed by atoms with Crippen molar-refractivity contribution in [3.05, 3.63) is 47.0 Å². The number of anilines is 1. The molecule has 0 radical (unpaired) electrons. The fourth-order valence-corrected chi connectivity index (χ4v) is 3.75. The Hall–Kier alpha value is -3.19. The number of piperazine rings is 1. The van der Waals surface area contributed by atoms with Gasteiger partial charge in [-0.1, -0.05) is 12.1 Å². The number of esters is 1. The molecule has 152 valence electrons. The second kappa shape index (κ2) is 7.67. The zero-order chi connectivity index (χ0) is 20.5. The Kier molecular flexibility index (Phi) is 5.07.